The average molecular weight is 330 g/mol. The molecule has 0 aromatic heterocycles. The first kappa shape index (κ1) is 14.1. The van der Waals surface area contributed by atoms with Crippen molar-refractivity contribution < 1.29 is 19.2 Å². The number of amides is 1. The minimum atomic E-state index is -0.0151. The van der Waals surface area contributed by atoms with Crippen LogP contribution in [0.2, 0.25) is 0 Å². The van der Waals surface area contributed by atoms with Crippen LogP contribution in [0.1, 0.15) is 13.8 Å². The zero-order chi connectivity index (χ0) is 13.8. The molecule has 0 radical (unpaired) electrons. The van der Waals surface area contributed by atoms with E-state index in [4.69, 9.17) is 9.47 Å². The number of quaternary nitrogens is 1. The number of hydrogen-bond acceptors (Lipinski definition) is 3. The molecule has 0 atom stereocenters. The number of halogens is 1. The molecule has 1 aromatic rings. The molecule has 1 aliphatic rings. The summed E-state index contributed by atoms with van der Waals surface area (Å²) in [5.74, 6) is 1.23. The fraction of sp³-hybridized carbons (Fsp3) is 0.462. The fourth-order valence-corrected chi connectivity index (χ4v) is 2.41. The molecule has 1 aromatic carbocycles. The smallest absolute Gasteiger partial charge is 0.279 e. The molecule has 0 bridgehead atoms. The maximum atomic E-state index is 12.0. The lowest BCUT2D eigenvalue weighted by atomic mass is 10.2. The van der Waals surface area contributed by atoms with Crippen LogP contribution in [0.15, 0.2) is 16.6 Å². The van der Waals surface area contributed by atoms with E-state index in [0.717, 1.165) is 17.6 Å². The lowest BCUT2D eigenvalue weighted by molar-refractivity contribution is -0.888. The van der Waals surface area contributed by atoms with Gasteiger partial charge in [0, 0.05) is 0 Å². The predicted octanol–water partition coefficient (Wildman–Crippen LogP) is 1.04. The summed E-state index contributed by atoms with van der Waals surface area (Å²) in [6, 6.07) is 3.65. The Labute approximate surface area is 121 Å². The Bertz CT molecular complexity index is 475. The van der Waals surface area contributed by atoms with Crippen LogP contribution in [0.4, 0.5) is 5.69 Å². The van der Waals surface area contributed by atoms with Crippen molar-refractivity contribution in [2.45, 2.75) is 13.8 Å². The van der Waals surface area contributed by atoms with Gasteiger partial charge >= 0.3 is 0 Å². The first-order chi connectivity index (χ1) is 9.15. The minimum absolute atomic E-state index is 0.0151. The van der Waals surface area contributed by atoms with E-state index in [1.54, 1.807) is 0 Å². The van der Waals surface area contributed by atoms with Crippen LogP contribution in [-0.4, -0.2) is 32.3 Å². The van der Waals surface area contributed by atoms with Gasteiger partial charge in [-0.25, -0.2) is 0 Å². The van der Waals surface area contributed by atoms with E-state index in [1.807, 2.05) is 12.1 Å². The highest BCUT2D eigenvalue weighted by atomic mass is 79.9. The van der Waals surface area contributed by atoms with Crippen molar-refractivity contribution >= 4 is 27.5 Å². The Morgan fingerprint density at radius 1 is 1.32 bits per heavy atom. The number of hydrogen-bond donors (Lipinski definition) is 2. The van der Waals surface area contributed by atoms with Gasteiger partial charge in [0.15, 0.2) is 18.0 Å². The maximum absolute atomic E-state index is 12.0. The molecule has 5 nitrogen and oxygen atoms in total. The lowest BCUT2D eigenvalue weighted by Gasteiger charge is -2.15. The van der Waals surface area contributed by atoms with Crippen molar-refractivity contribution in [1.82, 2.24) is 0 Å². The number of benzene rings is 1. The largest absolute Gasteiger partial charge is 0.452 e. The highest BCUT2D eigenvalue weighted by Crippen LogP contribution is 2.44. The van der Waals surface area contributed by atoms with Gasteiger partial charge in [-0.2, -0.15) is 0 Å². The molecule has 1 aliphatic heterocycles. The molecule has 6 heteroatoms. The molecular formula is C13H18BrN2O3+. The van der Waals surface area contributed by atoms with Crippen molar-refractivity contribution in [2.24, 2.45) is 0 Å². The Kier molecular flexibility index (Phi) is 4.66. The standard InChI is InChI=1S/C13H17BrN2O3/c1-3-16(4-2)7-11(17)15-10-6-5-9(14)12-13(10)19-8-18-12/h5-6H,3-4,7-8H2,1-2H3,(H,15,17)/p+1. The number of rotatable bonds is 5. The van der Waals surface area contributed by atoms with E-state index >= 15 is 0 Å². The zero-order valence-corrected chi connectivity index (χ0v) is 12.7. The Hall–Kier alpha value is -1.27. The number of fused-ring (bicyclic) bond motifs is 1. The van der Waals surface area contributed by atoms with Crippen molar-refractivity contribution in [2.75, 3.05) is 31.7 Å². The van der Waals surface area contributed by atoms with Crippen LogP contribution < -0.4 is 19.7 Å². The number of nitrogens with one attached hydrogen (secondary N) is 2. The Morgan fingerprint density at radius 2 is 2.00 bits per heavy atom. The molecule has 0 saturated heterocycles. The normalized spacial score (nSPS) is 12.8. The fourth-order valence-electron chi connectivity index (χ4n) is 1.98. The van der Waals surface area contributed by atoms with Gasteiger partial charge in [-0.15, -0.1) is 0 Å². The Morgan fingerprint density at radius 3 is 2.68 bits per heavy atom. The number of carbonyl (C=O) groups excluding carboxylic acids is 1. The molecule has 0 spiro atoms. The van der Waals surface area contributed by atoms with Gasteiger partial charge in [0.2, 0.25) is 6.79 Å². The summed E-state index contributed by atoms with van der Waals surface area (Å²) >= 11 is 3.39. The van der Waals surface area contributed by atoms with Crippen molar-refractivity contribution in [1.29, 1.82) is 0 Å². The van der Waals surface area contributed by atoms with Crippen LogP contribution in [0.3, 0.4) is 0 Å². The first-order valence-electron chi connectivity index (χ1n) is 6.37. The van der Waals surface area contributed by atoms with Gasteiger partial charge in [-0.1, -0.05) is 0 Å². The molecule has 19 heavy (non-hydrogen) atoms. The van der Waals surface area contributed by atoms with Crippen molar-refractivity contribution in [3.8, 4) is 11.5 Å². The van der Waals surface area contributed by atoms with Gasteiger partial charge in [-0.3, -0.25) is 4.79 Å². The summed E-state index contributed by atoms with van der Waals surface area (Å²) in [7, 11) is 0. The van der Waals surface area contributed by atoms with Gasteiger partial charge in [-0.05, 0) is 41.9 Å². The van der Waals surface area contributed by atoms with E-state index in [9.17, 15) is 4.79 Å². The third-order valence-corrected chi connectivity index (χ3v) is 3.78. The van der Waals surface area contributed by atoms with Crippen LogP contribution in [0.25, 0.3) is 0 Å². The minimum Gasteiger partial charge on any atom is -0.452 e. The summed E-state index contributed by atoms with van der Waals surface area (Å²) in [5, 5.41) is 2.88. The van der Waals surface area contributed by atoms with Gasteiger partial charge in [0.1, 0.15) is 0 Å². The summed E-state index contributed by atoms with van der Waals surface area (Å²) in [6.07, 6.45) is 0. The van der Waals surface area contributed by atoms with Gasteiger partial charge < -0.3 is 19.7 Å². The monoisotopic (exact) mass is 329 g/mol. The number of likely N-dealkylation sites (N-methyl/N-ethyl adjacent to an activating group) is 1. The third-order valence-electron chi connectivity index (χ3n) is 3.16. The van der Waals surface area contributed by atoms with E-state index < -0.39 is 0 Å². The second kappa shape index (κ2) is 6.25. The third kappa shape index (κ3) is 3.19. The molecule has 2 rings (SSSR count). The molecule has 0 unspecified atom stereocenters. The molecule has 1 amide bonds. The summed E-state index contributed by atoms with van der Waals surface area (Å²) in [4.78, 5) is 13.2. The lowest BCUT2D eigenvalue weighted by Crippen LogP contribution is -3.12. The first-order valence-corrected chi connectivity index (χ1v) is 7.16. The van der Waals surface area contributed by atoms with E-state index in [1.165, 1.54) is 4.90 Å². The molecule has 0 aliphatic carbocycles. The SMILES string of the molecule is CC[NH+](CC)CC(=O)Nc1ccc(Br)c2c1OCO2. The summed E-state index contributed by atoms with van der Waals surface area (Å²) < 4.78 is 11.6. The van der Waals surface area contributed by atoms with E-state index in [2.05, 4.69) is 35.1 Å². The zero-order valence-electron chi connectivity index (χ0n) is 11.1. The summed E-state index contributed by atoms with van der Waals surface area (Å²) in [5.41, 5.74) is 0.659. The Balaban J connectivity index is 2.08. The molecule has 0 saturated carbocycles. The highest BCUT2D eigenvalue weighted by molar-refractivity contribution is 9.10. The predicted molar refractivity (Wildman–Crippen MR) is 75.8 cm³/mol. The maximum Gasteiger partial charge on any atom is 0.279 e. The number of carbonyl (C=O) groups is 1. The second-order valence-electron chi connectivity index (χ2n) is 4.34. The van der Waals surface area contributed by atoms with Crippen LogP contribution in [0.5, 0.6) is 11.5 Å². The quantitative estimate of drug-likeness (QED) is 0.848. The van der Waals surface area contributed by atoms with Crippen LogP contribution >= 0.6 is 15.9 Å². The van der Waals surface area contributed by atoms with Crippen LogP contribution in [-0.2, 0) is 4.79 Å². The topological polar surface area (TPSA) is 52.0 Å². The average Bonchev–Trinajstić information content (AvgIpc) is 2.89. The molecule has 2 N–H and O–H groups in total. The van der Waals surface area contributed by atoms with Gasteiger partial charge in [0.25, 0.3) is 5.91 Å². The number of ether oxygens (including phenoxy) is 2. The van der Waals surface area contributed by atoms with Crippen molar-refractivity contribution in [3.63, 3.8) is 0 Å². The van der Waals surface area contributed by atoms with Gasteiger partial charge in [0.05, 0.1) is 23.2 Å². The number of anilines is 1. The second-order valence-corrected chi connectivity index (χ2v) is 5.20. The molecular weight excluding hydrogens is 312 g/mol. The van der Waals surface area contributed by atoms with Crippen LogP contribution in [0, 0.1) is 0 Å². The molecule has 1 heterocycles. The molecule has 104 valence electrons. The van der Waals surface area contributed by atoms with E-state index in [-0.39, 0.29) is 12.7 Å². The molecule has 0 fully saturated rings. The summed E-state index contributed by atoms with van der Waals surface area (Å²) in [6.45, 7) is 6.64. The van der Waals surface area contributed by atoms with Crippen molar-refractivity contribution in [3.05, 3.63) is 16.6 Å². The highest BCUT2D eigenvalue weighted by Gasteiger charge is 2.22. The van der Waals surface area contributed by atoms with E-state index in [0.29, 0.717) is 23.7 Å².